The van der Waals surface area contributed by atoms with Gasteiger partial charge < -0.3 is 30.3 Å². The molecule has 9 heteroatoms. The zero-order valence-corrected chi connectivity index (χ0v) is 29.3. The minimum absolute atomic E-state index is 0.0662. The second-order valence-electron chi connectivity index (χ2n) is 14.0. The molecule has 3 amide bonds. The van der Waals surface area contributed by atoms with Gasteiger partial charge in [0.25, 0.3) is 0 Å². The molecule has 9 nitrogen and oxygen atoms in total. The van der Waals surface area contributed by atoms with Crippen molar-refractivity contribution in [3.8, 4) is 23.7 Å². The third-order valence-corrected chi connectivity index (χ3v) is 10.8. The van der Waals surface area contributed by atoms with Gasteiger partial charge in [0.2, 0.25) is 17.7 Å². The molecule has 0 aromatic heterocycles. The topological polar surface area (TPSA) is 109 Å². The Hall–Kier alpha value is -4.15. The van der Waals surface area contributed by atoms with Crippen LogP contribution in [0.3, 0.4) is 0 Å². The smallest absolute Gasteiger partial charge is 0.246 e. The Kier molecular flexibility index (Phi) is 12.3. The second kappa shape index (κ2) is 17.2. The van der Waals surface area contributed by atoms with Crippen molar-refractivity contribution in [1.29, 1.82) is 0 Å². The van der Waals surface area contributed by atoms with Gasteiger partial charge in [-0.1, -0.05) is 79.6 Å². The molecule has 2 aromatic rings. The van der Waals surface area contributed by atoms with Crippen LogP contribution in [-0.2, 0) is 43.1 Å². The molecule has 50 heavy (non-hydrogen) atoms. The predicted octanol–water partition coefficient (Wildman–Crippen LogP) is 3.64. The first-order chi connectivity index (χ1) is 24.4. The summed E-state index contributed by atoms with van der Waals surface area (Å²) < 4.78 is 12.2. The van der Waals surface area contributed by atoms with Crippen molar-refractivity contribution >= 4 is 17.7 Å². The normalized spacial score (nSPS) is 22.7. The zero-order valence-electron chi connectivity index (χ0n) is 29.3. The van der Waals surface area contributed by atoms with Gasteiger partial charge in [0.05, 0.1) is 24.3 Å². The van der Waals surface area contributed by atoms with Crippen LogP contribution in [0.2, 0.25) is 0 Å². The summed E-state index contributed by atoms with van der Waals surface area (Å²) in [6, 6.07) is 14.5. The zero-order chi connectivity index (χ0) is 34.9. The van der Waals surface area contributed by atoms with Crippen LogP contribution < -0.4 is 16.0 Å². The van der Waals surface area contributed by atoms with E-state index in [1.165, 1.54) is 11.1 Å². The summed E-state index contributed by atoms with van der Waals surface area (Å²) in [6.07, 6.45) is 8.69. The molecule has 3 aliphatic carbocycles. The first kappa shape index (κ1) is 35.7. The lowest BCUT2D eigenvalue weighted by Gasteiger charge is -2.35. The summed E-state index contributed by atoms with van der Waals surface area (Å²) >= 11 is 0. The Balaban J connectivity index is 1.05. The van der Waals surface area contributed by atoms with Crippen LogP contribution in [0.25, 0.3) is 0 Å². The average molecular weight is 679 g/mol. The fourth-order valence-corrected chi connectivity index (χ4v) is 7.98. The Bertz CT molecular complexity index is 1620. The number of hydrogen-bond donors (Lipinski definition) is 3. The van der Waals surface area contributed by atoms with Gasteiger partial charge in [-0.15, -0.1) is 0 Å². The standard InChI is InChI=1S/C41H50N4O5/c1-28(42-2)39(46)43-37(29-15-6-5-7-16-29)41(48)45-22-14-21-35(45)40(47)44-38-34-20-11-10-19-32(34)27-36(38)50-24-13-4-3-12-23-49-33-25-30-17-8-9-18-31(30)26-33/h8-11,17-20,28-29,33,35-38,42H,5-7,14-16,21-27H2,1-2H3,(H,43,46)(H,44,47)/t28-,35-,36+,37-,38-/m0/s1. The molecule has 3 N–H and O–H groups in total. The van der Waals surface area contributed by atoms with E-state index in [1.54, 1.807) is 18.9 Å². The maximum absolute atomic E-state index is 14.1. The van der Waals surface area contributed by atoms with Gasteiger partial charge in [-0.25, -0.2) is 0 Å². The number of carbonyl (C=O) groups excluding carboxylic acids is 3. The lowest BCUT2D eigenvalue weighted by molar-refractivity contribution is -0.143. The Morgan fingerprint density at radius 2 is 1.50 bits per heavy atom. The van der Waals surface area contributed by atoms with E-state index in [9.17, 15) is 14.4 Å². The van der Waals surface area contributed by atoms with Gasteiger partial charge in [-0.05, 0) is 92.5 Å². The van der Waals surface area contributed by atoms with E-state index in [1.807, 2.05) is 18.2 Å². The molecule has 1 saturated heterocycles. The fraction of sp³-hybridized carbons (Fsp3) is 0.537. The van der Waals surface area contributed by atoms with Gasteiger partial charge in [-0.2, -0.15) is 0 Å². The number of carbonyl (C=O) groups is 3. The van der Waals surface area contributed by atoms with Crippen molar-refractivity contribution in [3.63, 3.8) is 0 Å². The van der Waals surface area contributed by atoms with Gasteiger partial charge in [0.15, 0.2) is 0 Å². The minimum Gasteiger partial charge on any atom is -0.365 e. The highest BCUT2D eigenvalue weighted by molar-refractivity contribution is 5.93. The molecule has 0 bridgehead atoms. The molecule has 2 fully saturated rings. The number of likely N-dealkylation sites (N-methyl/N-ethyl adjacent to an activating group) is 1. The van der Waals surface area contributed by atoms with Crippen molar-refractivity contribution in [3.05, 3.63) is 70.8 Å². The van der Waals surface area contributed by atoms with Crippen LogP contribution in [-0.4, -0.2) is 79.8 Å². The van der Waals surface area contributed by atoms with Gasteiger partial charge in [0, 0.05) is 13.0 Å². The number of nitrogens with zero attached hydrogens (tertiary/aromatic N) is 1. The molecule has 1 saturated carbocycles. The summed E-state index contributed by atoms with van der Waals surface area (Å²) in [6.45, 7) is 2.80. The maximum atomic E-state index is 14.1. The number of rotatable bonds is 11. The van der Waals surface area contributed by atoms with E-state index in [2.05, 4.69) is 70.0 Å². The Morgan fingerprint density at radius 3 is 2.20 bits per heavy atom. The van der Waals surface area contributed by atoms with Crippen LogP contribution in [0, 0.1) is 29.6 Å². The van der Waals surface area contributed by atoms with Crippen LogP contribution in [0.15, 0.2) is 48.5 Å². The number of ether oxygens (including phenoxy) is 2. The van der Waals surface area contributed by atoms with E-state index >= 15 is 0 Å². The second-order valence-corrected chi connectivity index (χ2v) is 14.0. The molecule has 6 rings (SSSR count). The number of likely N-dealkylation sites (tertiary alicyclic amines) is 1. The number of fused-ring (bicyclic) bond motifs is 2. The van der Waals surface area contributed by atoms with E-state index in [-0.39, 0.29) is 48.5 Å². The number of benzene rings is 2. The number of amides is 3. The molecule has 0 spiro atoms. The molecule has 1 aliphatic heterocycles. The van der Waals surface area contributed by atoms with Crippen molar-refractivity contribution in [2.24, 2.45) is 5.92 Å². The molecule has 5 atom stereocenters. The van der Waals surface area contributed by atoms with E-state index in [0.717, 1.165) is 62.5 Å². The summed E-state index contributed by atoms with van der Waals surface area (Å²) in [7, 11) is 1.73. The first-order valence-corrected chi connectivity index (χ1v) is 18.3. The lowest BCUT2D eigenvalue weighted by Crippen LogP contribution is -2.58. The van der Waals surface area contributed by atoms with Crippen LogP contribution in [0.1, 0.15) is 80.2 Å². The molecule has 2 aromatic carbocycles. The van der Waals surface area contributed by atoms with Crippen molar-refractivity contribution in [1.82, 2.24) is 20.9 Å². The Labute approximate surface area is 296 Å². The number of nitrogens with one attached hydrogen (secondary N) is 3. The monoisotopic (exact) mass is 678 g/mol. The van der Waals surface area contributed by atoms with Crippen molar-refractivity contribution in [2.75, 3.05) is 26.8 Å². The Morgan fingerprint density at radius 1 is 0.840 bits per heavy atom. The fourth-order valence-electron chi connectivity index (χ4n) is 7.98. The average Bonchev–Trinajstić information content (AvgIpc) is 3.89. The molecular weight excluding hydrogens is 628 g/mol. The van der Waals surface area contributed by atoms with Crippen molar-refractivity contribution in [2.45, 2.75) is 108 Å². The highest BCUT2D eigenvalue weighted by Crippen LogP contribution is 2.34. The van der Waals surface area contributed by atoms with E-state index in [0.29, 0.717) is 26.0 Å². The molecular formula is C41H50N4O5. The molecule has 0 unspecified atom stereocenters. The SMILES string of the molecule is CN[C@@H](C)C(=O)N[C@H](C(=O)N1CCC[C@H]1C(=O)N[C@H]1c2ccccc2C[C@H]1OCC#CC#CCOC1Cc2ccccc2C1)C1CCCCC1. The van der Waals surface area contributed by atoms with E-state index < -0.39 is 18.1 Å². The highest BCUT2D eigenvalue weighted by atomic mass is 16.5. The van der Waals surface area contributed by atoms with Crippen molar-refractivity contribution < 1.29 is 23.9 Å². The van der Waals surface area contributed by atoms with Crippen LogP contribution in [0.5, 0.6) is 0 Å². The van der Waals surface area contributed by atoms with Crippen LogP contribution in [0.4, 0.5) is 0 Å². The summed E-state index contributed by atoms with van der Waals surface area (Å²) in [5.74, 6) is 11.3. The van der Waals surface area contributed by atoms with E-state index in [4.69, 9.17) is 9.47 Å². The number of hydrogen-bond acceptors (Lipinski definition) is 6. The van der Waals surface area contributed by atoms with Gasteiger partial charge in [-0.3, -0.25) is 14.4 Å². The van der Waals surface area contributed by atoms with Crippen LogP contribution >= 0.6 is 0 Å². The summed E-state index contributed by atoms with van der Waals surface area (Å²) in [5, 5.41) is 9.28. The minimum atomic E-state index is -0.636. The largest absolute Gasteiger partial charge is 0.365 e. The first-order valence-electron chi connectivity index (χ1n) is 18.3. The van der Waals surface area contributed by atoms with Gasteiger partial charge in [0.1, 0.15) is 25.3 Å². The summed E-state index contributed by atoms with van der Waals surface area (Å²) in [4.78, 5) is 42.8. The third kappa shape index (κ3) is 8.58. The third-order valence-electron chi connectivity index (χ3n) is 10.8. The molecule has 0 radical (unpaired) electrons. The molecule has 264 valence electrons. The lowest BCUT2D eigenvalue weighted by atomic mass is 9.83. The highest BCUT2D eigenvalue weighted by Gasteiger charge is 2.43. The quantitative estimate of drug-likeness (QED) is 0.314. The summed E-state index contributed by atoms with van der Waals surface area (Å²) in [5.41, 5.74) is 4.85. The molecule has 4 aliphatic rings. The van der Waals surface area contributed by atoms with Gasteiger partial charge >= 0.3 is 0 Å². The predicted molar refractivity (Wildman–Crippen MR) is 192 cm³/mol. The molecule has 1 heterocycles. The maximum Gasteiger partial charge on any atom is 0.246 e.